The normalized spacial score (nSPS) is 11.0. The highest BCUT2D eigenvalue weighted by Gasteiger charge is 2.18. The fraction of sp³-hybridized carbons (Fsp3) is 0.214. The zero-order valence-corrected chi connectivity index (χ0v) is 11.8. The fourth-order valence-electron chi connectivity index (χ4n) is 2.32. The highest BCUT2D eigenvalue weighted by molar-refractivity contribution is 5.79. The number of hydrogen-bond acceptors (Lipinski definition) is 5. The topological polar surface area (TPSA) is 110 Å². The second kappa shape index (κ2) is 5.40. The number of carbonyl (C=O) groups excluding carboxylic acids is 1. The van der Waals surface area contributed by atoms with E-state index in [9.17, 15) is 14.4 Å². The van der Waals surface area contributed by atoms with Crippen molar-refractivity contribution in [3.8, 4) is 11.5 Å². The van der Waals surface area contributed by atoms with Gasteiger partial charge in [0.2, 0.25) is 5.91 Å². The summed E-state index contributed by atoms with van der Waals surface area (Å²) >= 11 is 0. The lowest BCUT2D eigenvalue weighted by atomic mass is 10.2. The number of rotatable bonds is 3. The van der Waals surface area contributed by atoms with Crippen LogP contribution in [-0.4, -0.2) is 32.0 Å². The van der Waals surface area contributed by atoms with Gasteiger partial charge in [0.1, 0.15) is 0 Å². The molecule has 2 aliphatic heterocycles. The van der Waals surface area contributed by atoms with Gasteiger partial charge < -0.3 is 9.88 Å². The lowest BCUT2D eigenvalue weighted by Crippen LogP contribution is -2.31. The average molecular weight is 299 g/mol. The zero-order chi connectivity index (χ0) is 15.7. The molecule has 1 amide bonds. The predicted molar refractivity (Wildman–Crippen MR) is 79.7 cm³/mol. The Morgan fingerprint density at radius 2 is 2.05 bits per heavy atom. The van der Waals surface area contributed by atoms with E-state index in [1.807, 2.05) is 18.2 Å². The number of nitrogens with one attached hydrogen (secondary N) is 2. The highest BCUT2D eigenvalue weighted by Crippen LogP contribution is 2.19. The molecule has 0 aromatic heterocycles. The number of H-pyrrole nitrogens is 1. The molecule has 0 radical (unpaired) electrons. The summed E-state index contributed by atoms with van der Waals surface area (Å²) in [5, 5.41) is 2.68. The van der Waals surface area contributed by atoms with Gasteiger partial charge in [0, 0.05) is 20.0 Å². The van der Waals surface area contributed by atoms with Gasteiger partial charge >= 0.3 is 5.69 Å². The van der Waals surface area contributed by atoms with E-state index >= 15 is 0 Å². The van der Waals surface area contributed by atoms with Crippen molar-refractivity contribution in [3.05, 3.63) is 45.1 Å². The number of carbonyl (C=O) groups is 1. The van der Waals surface area contributed by atoms with Gasteiger partial charge in [-0.3, -0.25) is 14.6 Å². The molecule has 1 aromatic carbocycles. The fourth-order valence-corrected chi connectivity index (χ4v) is 2.32. The molecule has 0 atom stereocenters. The summed E-state index contributed by atoms with van der Waals surface area (Å²) in [6.07, 6.45) is 0. The SMILES string of the molecule is CC(=O)NCCn1c2nc(=O)[nH]c(=O)c-2nc2ccccc21. The number of aromatic amines is 1. The summed E-state index contributed by atoms with van der Waals surface area (Å²) in [6.45, 7) is 2.15. The van der Waals surface area contributed by atoms with Gasteiger partial charge in [0.05, 0.1) is 11.0 Å². The Balaban J connectivity index is 2.25. The Labute approximate surface area is 124 Å². The number of aromatic nitrogens is 4. The quantitative estimate of drug-likeness (QED) is 0.646. The van der Waals surface area contributed by atoms with Crippen LogP contribution in [0.5, 0.6) is 0 Å². The van der Waals surface area contributed by atoms with Crippen LogP contribution >= 0.6 is 0 Å². The van der Waals surface area contributed by atoms with E-state index in [4.69, 9.17) is 0 Å². The molecule has 8 nitrogen and oxygen atoms in total. The van der Waals surface area contributed by atoms with Crippen molar-refractivity contribution in [3.63, 3.8) is 0 Å². The second-order valence-electron chi connectivity index (χ2n) is 4.78. The minimum Gasteiger partial charge on any atom is -0.355 e. The van der Waals surface area contributed by atoms with E-state index in [1.165, 1.54) is 6.92 Å². The van der Waals surface area contributed by atoms with E-state index in [0.717, 1.165) is 5.52 Å². The molecule has 0 saturated heterocycles. The van der Waals surface area contributed by atoms with Gasteiger partial charge in [-0.25, -0.2) is 9.78 Å². The second-order valence-corrected chi connectivity index (χ2v) is 4.78. The van der Waals surface area contributed by atoms with E-state index < -0.39 is 11.2 Å². The maximum absolute atomic E-state index is 11.9. The van der Waals surface area contributed by atoms with E-state index in [-0.39, 0.29) is 17.4 Å². The van der Waals surface area contributed by atoms with Crippen molar-refractivity contribution < 1.29 is 4.79 Å². The standard InChI is InChI=1S/C14H13N5O3/c1-8(20)15-6-7-19-10-5-3-2-4-9(10)16-11-12(19)17-14(22)18-13(11)21/h2-5H,6-7H2,1H3,(H,15,20)(H,18,21,22). The van der Waals surface area contributed by atoms with E-state index in [2.05, 4.69) is 20.3 Å². The minimum absolute atomic E-state index is 0.0983. The van der Waals surface area contributed by atoms with Crippen LogP contribution in [0.25, 0.3) is 22.6 Å². The van der Waals surface area contributed by atoms with E-state index in [0.29, 0.717) is 18.6 Å². The monoisotopic (exact) mass is 299 g/mol. The van der Waals surface area contributed by atoms with Crippen LogP contribution < -0.4 is 16.6 Å². The molecule has 22 heavy (non-hydrogen) atoms. The number of amides is 1. The minimum atomic E-state index is -0.720. The Hall–Kier alpha value is -3.03. The average Bonchev–Trinajstić information content (AvgIpc) is 2.47. The Bertz CT molecular complexity index is 943. The number of para-hydroxylation sites is 2. The third-order valence-electron chi connectivity index (χ3n) is 3.22. The van der Waals surface area contributed by atoms with Crippen LogP contribution in [0.1, 0.15) is 6.92 Å². The first-order valence-electron chi connectivity index (χ1n) is 6.70. The molecule has 3 rings (SSSR count). The first kappa shape index (κ1) is 13.9. The number of fused-ring (bicyclic) bond motifs is 2. The summed E-state index contributed by atoms with van der Waals surface area (Å²) in [6, 6.07) is 7.23. The molecule has 2 N–H and O–H groups in total. The van der Waals surface area contributed by atoms with Crippen LogP contribution in [0.4, 0.5) is 0 Å². The molecule has 2 aliphatic rings. The number of nitrogens with zero attached hydrogens (tertiary/aromatic N) is 3. The molecular weight excluding hydrogens is 286 g/mol. The zero-order valence-electron chi connectivity index (χ0n) is 11.8. The molecular formula is C14H13N5O3. The molecule has 0 fully saturated rings. The highest BCUT2D eigenvalue weighted by atomic mass is 16.2. The Morgan fingerprint density at radius 1 is 1.27 bits per heavy atom. The lowest BCUT2D eigenvalue weighted by Gasteiger charge is -2.16. The summed E-state index contributed by atoms with van der Waals surface area (Å²) in [5.74, 6) is 0.0522. The van der Waals surface area contributed by atoms with Gasteiger partial charge in [-0.15, -0.1) is 0 Å². The maximum atomic E-state index is 11.9. The summed E-state index contributed by atoms with van der Waals surface area (Å²) in [7, 11) is 0. The number of benzene rings is 1. The molecule has 0 aliphatic carbocycles. The molecule has 0 spiro atoms. The predicted octanol–water partition coefficient (Wildman–Crippen LogP) is -0.279. The van der Waals surface area contributed by atoms with Gasteiger partial charge in [-0.2, -0.15) is 4.98 Å². The summed E-state index contributed by atoms with van der Waals surface area (Å²) in [5.41, 5.74) is 0.152. The van der Waals surface area contributed by atoms with E-state index in [1.54, 1.807) is 10.6 Å². The molecule has 112 valence electrons. The van der Waals surface area contributed by atoms with Crippen LogP contribution in [0.15, 0.2) is 33.9 Å². The van der Waals surface area contributed by atoms with Gasteiger partial charge in [0.15, 0.2) is 11.5 Å². The smallest absolute Gasteiger partial charge is 0.349 e. The first-order chi connectivity index (χ1) is 10.6. The van der Waals surface area contributed by atoms with Crippen molar-refractivity contribution >= 4 is 16.9 Å². The molecule has 0 bridgehead atoms. The van der Waals surface area contributed by atoms with Gasteiger partial charge in [0.25, 0.3) is 5.56 Å². The van der Waals surface area contributed by atoms with Crippen molar-refractivity contribution in [2.45, 2.75) is 13.5 Å². The van der Waals surface area contributed by atoms with Crippen molar-refractivity contribution in [2.75, 3.05) is 6.54 Å². The largest absolute Gasteiger partial charge is 0.355 e. The third-order valence-corrected chi connectivity index (χ3v) is 3.22. The third kappa shape index (κ3) is 2.46. The maximum Gasteiger partial charge on any atom is 0.349 e. The summed E-state index contributed by atoms with van der Waals surface area (Å²) < 4.78 is 1.71. The summed E-state index contributed by atoms with van der Waals surface area (Å²) in [4.78, 5) is 44.7. The van der Waals surface area contributed by atoms with Crippen LogP contribution in [0.2, 0.25) is 0 Å². The Kier molecular flexibility index (Phi) is 3.42. The molecule has 2 heterocycles. The Morgan fingerprint density at radius 3 is 2.82 bits per heavy atom. The molecule has 1 aromatic rings. The lowest BCUT2D eigenvalue weighted by molar-refractivity contribution is -0.118. The molecule has 0 saturated carbocycles. The van der Waals surface area contributed by atoms with Crippen molar-refractivity contribution in [2.24, 2.45) is 0 Å². The first-order valence-corrected chi connectivity index (χ1v) is 6.70. The van der Waals surface area contributed by atoms with Gasteiger partial charge in [-0.1, -0.05) is 12.1 Å². The van der Waals surface area contributed by atoms with Crippen molar-refractivity contribution in [1.29, 1.82) is 0 Å². The molecule has 0 unspecified atom stereocenters. The van der Waals surface area contributed by atoms with Crippen LogP contribution in [-0.2, 0) is 11.3 Å². The number of hydrogen-bond donors (Lipinski definition) is 2. The van der Waals surface area contributed by atoms with Crippen LogP contribution in [0.3, 0.4) is 0 Å². The van der Waals surface area contributed by atoms with Crippen LogP contribution in [0, 0.1) is 0 Å². The molecule has 8 heteroatoms. The van der Waals surface area contributed by atoms with Gasteiger partial charge in [-0.05, 0) is 12.1 Å². The van der Waals surface area contributed by atoms with Crippen molar-refractivity contribution in [1.82, 2.24) is 24.8 Å².